The van der Waals surface area contributed by atoms with Crippen LogP contribution in [0.4, 0.5) is 5.13 Å². The van der Waals surface area contributed by atoms with Crippen LogP contribution >= 0.6 is 22.9 Å². The summed E-state index contributed by atoms with van der Waals surface area (Å²) in [6.45, 7) is 4.89. The van der Waals surface area contributed by atoms with E-state index in [9.17, 15) is 14.7 Å². The maximum atomic E-state index is 13.5. The minimum Gasteiger partial charge on any atom is -0.507 e. The largest absolute Gasteiger partial charge is 0.507 e. The van der Waals surface area contributed by atoms with Crippen molar-refractivity contribution in [3.8, 4) is 11.5 Å². The number of thiazole rings is 1. The zero-order valence-corrected chi connectivity index (χ0v) is 23.1. The van der Waals surface area contributed by atoms with Gasteiger partial charge in [0.2, 0.25) is 0 Å². The lowest BCUT2D eigenvalue weighted by molar-refractivity contribution is -0.132. The van der Waals surface area contributed by atoms with E-state index in [1.54, 1.807) is 60.7 Å². The Hall–Kier alpha value is -3.88. The number of aliphatic hydroxyl groups excluding tert-OH is 1. The Morgan fingerprint density at radius 1 is 1.03 bits per heavy atom. The maximum absolute atomic E-state index is 13.5. The topological polar surface area (TPSA) is 89.0 Å². The number of hydrogen-bond acceptors (Lipinski definition) is 7. The first-order valence-electron chi connectivity index (χ1n) is 12.7. The van der Waals surface area contributed by atoms with Gasteiger partial charge in [-0.2, -0.15) is 0 Å². The number of unbranched alkanes of at least 4 members (excludes halogenated alkanes) is 1. The van der Waals surface area contributed by atoms with Crippen molar-refractivity contribution in [3.05, 3.63) is 88.5 Å². The van der Waals surface area contributed by atoms with E-state index in [0.717, 1.165) is 17.5 Å². The second-order valence-electron chi connectivity index (χ2n) is 8.98. The molecule has 1 atom stereocenters. The van der Waals surface area contributed by atoms with Gasteiger partial charge in [-0.15, -0.1) is 0 Å². The number of halogens is 1. The van der Waals surface area contributed by atoms with Crippen LogP contribution in [0.2, 0.25) is 5.02 Å². The van der Waals surface area contributed by atoms with Crippen molar-refractivity contribution < 1.29 is 24.2 Å². The van der Waals surface area contributed by atoms with Gasteiger partial charge in [-0.05, 0) is 49.2 Å². The number of benzene rings is 3. The number of fused-ring (bicyclic) bond motifs is 1. The number of ether oxygens (including phenoxy) is 2. The normalized spacial score (nSPS) is 16.7. The molecule has 2 heterocycles. The number of aromatic nitrogens is 1. The fourth-order valence-electron chi connectivity index (χ4n) is 4.49. The highest BCUT2D eigenvalue weighted by molar-refractivity contribution is 7.22. The van der Waals surface area contributed by atoms with Crippen LogP contribution in [0.3, 0.4) is 0 Å². The number of nitrogens with zero attached hydrogens (tertiary/aromatic N) is 2. The highest BCUT2D eigenvalue weighted by atomic mass is 35.5. The van der Waals surface area contributed by atoms with Crippen molar-refractivity contribution in [1.29, 1.82) is 0 Å². The van der Waals surface area contributed by atoms with E-state index in [2.05, 4.69) is 11.9 Å². The number of Topliss-reactive ketones (excluding diaryl/α,β-unsaturated/α-hetero) is 1. The lowest BCUT2D eigenvalue weighted by atomic mass is 9.95. The number of carbonyl (C=O) groups is 2. The Balaban J connectivity index is 1.69. The summed E-state index contributed by atoms with van der Waals surface area (Å²) >= 11 is 7.43. The van der Waals surface area contributed by atoms with Crippen molar-refractivity contribution in [2.75, 3.05) is 18.1 Å². The summed E-state index contributed by atoms with van der Waals surface area (Å²) in [5, 5.41) is 12.2. The van der Waals surface area contributed by atoms with E-state index < -0.39 is 17.7 Å². The number of carbonyl (C=O) groups excluding carboxylic acids is 2. The van der Waals surface area contributed by atoms with Gasteiger partial charge in [0.25, 0.3) is 5.78 Å². The molecule has 1 aromatic heterocycles. The highest BCUT2D eigenvalue weighted by Crippen LogP contribution is 2.46. The monoisotopic (exact) mass is 562 g/mol. The number of rotatable bonds is 9. The van der Waals surface area contributed by atoms with Gasteiger partial charge in [-0.25, -0.2) is 4.98 Å². The average Bonchev–Trinajstić information content (AvgIpc) is 3.47. The van der Waals surface area contributed by atoms with Gasteiger partial charge in [0, 0.05) is 10.6 Å². The third-order valence-corrected chi connectivity index (χ3v) is 7.63. The van der Waals surface area contributed by atoms with Crippen molar-refractivity contribution in [2.24, 2.45) is 0 Å². The predicted octanol–water partition coefficient (Wildman–Crippen LogP) is 7.15. The molecule has 0 saturated carbocycles. The van der Waals surface area contributed by atoms with Crippen LogP contribution in [0.5, 0.6) is 11.5 Å². The molecule has 0 bridgehead atoms. The Bertz CT molecular complexity index is 1570. The van der Waals surface area contributed by atoms with Crippen LogP contribution in [0.1, 0.15) is 43.9 Å². The molecule has 1 fully saturated rings. The molecule has 0 radical (unpaired) electrons. The highest BCUT2D eigenvalue weighted by Gasteiger charge is 2.48. The van der Waals surface area contributed by atoms with Crippen LogP contribution < -0.4 is 14.4 Å². The molecule has 0 spiro atoms. The van der Waals surface area contributed by atoms with E-state index in [1.165, 1.54) is 16.2 Å². The molecule has 1 saturated heterocycles. The quantitative estimate of drug-likeness (QED) is 0.101. The van der Waals surface area contributed by atoms with Crippen LogP contribution in [0.15, 0.2) is 72.3 Å². The number of amides is 1. The molecule has 39 heavy (non-hydrogen) atoms. The first kappa shape index (κ1) is 26.7. The van der Waals surface area contributed by atoms with E-state index in [4.69, 9.17) is 21.1 Å². The molecular weight excluding hydrogens is 536 g/mol. The summed E-state index contributed by atoms with van der Waals surface area (Å²) in [4.78, 5) is 33.0. The average molecular weight is 563 g/mol. The van der Waals surface area contributed by atoms with Crippen LogP contribution in [-0.2, 0) is 9.59 Å². The van der Waals surface area contributed by atoms with E-state index in [1.807, 2.05) is 13.0 Å². The number of hydrogen-bond donors (Lipinski definition) is 1. The molecule has 1 amide bonds. The van der Waals surface area contributed by atoms with Crippen molar-refractivity contribution in [3.63, 3.8) is 0 Å². The van der Waals surface area contributed by atoms with Gasteiger partial charge in [-0.3, -0.25) is 14.5 Å². The third-order valence-electron chi connectivity index (χ3n) is 6.38. The van der Waals surface area contributed by atoms with Gasteiger partial charge in [0.1, 0.15) is 5.76 Å². The number of aliphatic hydroxyl groups is 1. The van der Waals surface area contributed by atoms with Crippen LogP contribution in [0, 0.1) is 0 Å². The molecule has 5 rings (SSSR count). The molecule has 1 unspecified atom stereocenters. The molecular formula is C30H27ClN2O5S. The minimum atomic E-state index is -0.940. The van der Waals surface area contributed by atoms with Gasteiger partial charge >= 0.3 is 5.91 Å². The zero-order chi connectivity index (χ0) is 27.5. The zero-order valence-electron chi connectivity index (χ0n) is 21.5. The molecule has 7 nitrogen and oxygen atoms in total. The van der Waals surface area contributed by atoms with Crippen molar-refractivity contribution in [2.45, 2.75) is 32.7 Å². The maximum Gasteiger partial charge on any atom is 0.301 e. The van der Waals surface area contributed by atoms with Crippen LogP contribution in [-0.4, -0.2) is 35.0 Å². The Morgan fingerprint density at radius 2 is 1.82 bits per heavy atom. The van der Waals surface area contributed by atoms with Crippen LogP contribution in [0.25, 0.3) is 16.0 Å². The minimum absolute atomic E-state index is 0.0226. The van der Waals surface area contributed by atoms with Gasteiger partial charge in [-0.1, -0.05) is 72.7 Å². The molecule has 0 aliphatic carbocycles. The molecule has 200 valence electrons. The van der Waals surface area contributed by atoms with Crippen molar-refractivity contribution >= 4 is 55.7 Å². The lowest BCUT2D eigenvalue weighted by Gasteiger charge is -2.24. The van der Waals surface area contributed by atoms with E-state index in [-0.39, 0.29) is 11.3 Å². The Morgan fingerprint density at radius 3 is 2.56 bits per heavy atom. The molecule has 1 aliphatic rings. The fourth-order valence-corrected chi connectivity index (χ4v) is 5.76. The summed E-state index contributed by atoms with van der Waals surface area (Å²) in [6, 6.07) is 18.3. The smallest absolute Gasteiger partial charge is 0.301 e. The summed E-state index contributed by atoms with van der Waals surface area (Å²) in [5.41, 5.74) is 1.64. The van der Waals surface area contributed by atoms with E-state index >= 15 is 0 Å². The first-order valence-corrected chi connectivity index (χ1v) is 13.9. The van der Waals surface area contributed by atoms with Gasteiger partial charge in [0.05, 0.1) is 35.0 Å². The molecule has 4 aromatic rings. The third kappa shape index (κ3) is 5.22. The molecule has 9 heteroatoms. The van der Waals surface area contributed by atoms with Crippen molar-refractivity contribution in [1.82, 2.24) is 4.98 Å². The summed E-state index contributed by atoms with van der Waals surface area (Å²) in [7, 11) is 0. The summed E-state index contributed by atoms with van der Waals surface area (Å²) in [6.07, 6.45) is 1.88. The SMILES string of the molecule is CCCCOc1ccc(C2C(=C(O)c3ccccc3)C(=O)C(=O)N2c2nc3ccc(Cl)cc3s2)cc1OCC. The standard InChI is InChI=1S/C30H27ClN2O5S/c1-3-5-15-38-22-14-11-19(16-23(22)37-4-2)26-25(27(34)18-9-7-6-8-10-18)28(35)29(36)33(26)30-32-21-13-12-20(31)17-24(21)39-30/h6-14,16-17,26,34H,3-5,15H2,1-2H3. The number of anilines is 1. The van der Waals surface area contributed by atoms with E-state index in [0.29, 0.717) is 51.5 Å². The second kappa shape index (κ2) is 11.5. The summed E-state index contributed by atoms with van der Waals surface area (Å²) < 4.78 is 12.6. The Labute approximate surface area is 235 Å². The summed E-state index contributed by atoms with van der Waals surface area (Å²) in [5.74, 6) is -0.758. The predicted molar refractivity (Wildman–Crippen MR) is 154 cm³/mol. The van der Waals surface area contributed by atoms with Gasteiger partial charge in [0.15, 0.2) is 16.6 Å². The lowest BCUT2D eigenvalue weighted by Crippen LogP contribution is -2.29. The molecule has 1 aliphatic heterocycles. The molecule has 3 aromatic carbocycles. The second-order valence-corrected chi connectivity index (χ2v) is 10.4. The fraction of sp³-hybridized carbons (Fsp3) is 0.233. The Kier molecular flexibility index (Phi) is 7.86. The van der Waals surface area contributed by atoms with Gasteiger partial charge < -0.3 is 14.6 Å². The number of ketones is 1. The first-order chi connectivity index (χ1) is 18.9. The molecule has 1 N–H and O–H groups in total.